The van der Waals surface area contributed by atoms with Crippen molar-refractivity contribution in [2.75, 3.05) is 0 Å². The molecule has 0 saturated carbocycles. The number of carbonyl (C=O) groups excluding carboxylic acids is 2. The first-order chi connectivity index (χ1) is 12.8. The number of nitrogens with two attached hydrogens (primary N) is 1. The van der Waals surface area contributed by atoms with E-state index in [-0.39, 0.29) is 22.6 Å². The molecule has 1 aliphatic heterocycles. The minimum Gasteiger partial charge on any atom is -0.423 e. The molecule has 1 aromatic heterocycles. The van der Waals surface area contributed by atoms with Crippen LogP contribution in [-0.2, 0) is 19.5 Å². The van der Waals surface area contributed by atoms with Gasteiger partial charge in [0, 0.05) is 25.2 Å². The summed E-state index contributed by atoms with van der Waals surface area (Å²) in [5, 5.41) is 9.66. The molecular formula is C18H12N4O5. The van der Waals surface area contributed by atoms with E-state index in [1.807, 2.05) is 0 Å². The lowest BCUT2D eigenvalue weighted by Gasteiger charge is -2.32. The lowest BCUT2D eigenvalue weighted by Crippen LogP contribution is -2.53. The van der Waals surface area contributed by atoms with Gasteiger partial charge in [0.1, 0.15) is 17.2 Å². The second kappa shape index (κ2) is 5.04. The van der Waals surface area contributed by atoms with Gasteiger partial charge >= 0.3 is 5.69 Å². The van der Waals surface area contributed by atoms with Crippen LogP contribution in [-0.4, -0.2) is 20.7 Å². The van der Waals surface area contributed by atoms with E-state index in [4.69, 9.17) is 10.5 Å². The van der Waals surface area contributed by atoms with Crippen LogP contribution < -0.4 is 21.7 Å². The van der Waals surface area contributed by atoms with Crippen LogP contribution >= 0.6 is 0 Å². The van der Waals surface area contributed by atoms with Crippen molar-refractivity contribution in [1.82, 2.24) is 9.13 Å². The first-order valence-electron chi connectivity index (χ1n) is 7.85. The van der Waals surface area contributed by atoms with Crippen LogP contribution in [0.5, 0.6) is 5.88 Å². The van der Waals surface area contributed by atoms with Gasteiger partial charge in [-0.25, -0.2) is 4.79 Å². The number of rotatable bonds is 0. The fraction of sp³-hybridized carbons (Fsp3) is 0.167. The molecule has 2 aromatic rings. The molecule has 2 N–H and O–H groups in total. The van der Waals surface area contributed by atoms with Crippen LogP contribution in [0.2, 0.25) is 0 Å². The van der Waals surface area contributed by atoms with Crippen molar-refractivity contribution in [2.45, 2.75) is 5.41 Å². The number of nitrogens with zero attached hydrogens (tertiary/aromatic N) is 3. The molecule has 9 heteroatoms. The van der Waals surface area contributed by atoms with E-state index >= 15 is 0 Å². The molecular weight excluding hydrogens is 352 g/mol. The third kappa shape index (κ3) is 1.67. The molecule has 0 fully saturated rings. The Morgan fingerprint density at radius 1 is 1.04 bits per heavy atom. The largest absolute Gasteiger partial charge is 0.423 e. The predicted octanol–water partition coefficient (Wildman–Crippen LogP) is -0.513. The summed E-state index contributed by atoms with van der Waals surface area (Å²) in [6.07, 6.45) is 0. The van der Waals surface area contributed by atoms with Crippen LogP contribution in [0.3, 0.4) is 0 Å². The number of carbonyl (C=O) groups is 2. The number of aromatic nitrogens is 2. The van der Waals surface area contributed by atoms with Gasteiger partial charge in [-0.3, -0.25) is 23.5 Å². The summed E-state index contributed by atoms with van der Waals surface area (Å²) in [7, 11) is 2.53. The van der Waals surface area contributed by atoms with Gasteiger partial charge in [0.15, 0.2) is 17.0 Å². The fourth-order valence-electron chi connectivity index (χ4n) is 3.71. The molecule has 1 aromatic carbocycles. The Hall–Kier alpha value is -3.93. The maximum Gasteiger partial charge on any atom is 0.333 e. The molecule has 4 rings (SSSR count). The zero-order valence-corrected chi connectivity index (χ0v) is 14.3. The molecule has 1 aliphatic carbocycles. The molecule has 0 amide bonds. The standard InChI is InChI=1S/C18H12N4O5/c1-21-15(25)11-16(22(2)17(21)26)27-14(20)10(7-19)18(11)12(23)8-5-3-4-6-9(8)13(18)24/h3-6H,20H2,1-2H3. The smallest absolute Gasteiger partial charge is 0.333 e. The summed E-state index contributed by atoms with van der Waals surface area (Å²) in [5.41, 5.74) is 1.24. The van der Waals surface area contributed by atoms with Crippen LogP contribution in [0, 0.1) is 11.3 Å². The van der Waals surface area contributed by atoms with Gasteiger partial charge in [-0.1, -0.05) is 24.3 Å². The molecule has 0 bridgehead atoms. The molecule has 2 aliphatic rings. The van der Waals surface area contributed by atoms with Gasteiger partial charge in [-0.2, -0.15) is 5.26 Å². The van der Waals surface area contributed by atoms with E-state index in [9.17, 15) is 24.4 Å². The van der Waals surface area contributed by atoms with Gasteiger partial charge in [-0.05, 0) is 0 Å². The Kier molecular flexibility index (Phi) is 3.09. The molecule has 0 radical (unpaired) electrons. The van der Waals surface area contributed by atoms with E-state index in [2.05, 4.69) is 0 Å². The Morgan fingerprint density at radius 3 is 2.11 bits per heavy atom. The van der Waals surface area contributed by atoms with Crippen molar-refractivity contribution in [3.05, 3.63) is 73.3 Å². The minimum atomic E-state index is -2.27. The number of benzene rings is 1. The number of hydrogen-bond acceptors (Lipinski definition) is 7. The molecule has 0 atom stereocenters. The van der Waals surface area contributed by atoms with E-state index < -0.39 is 39.7 Å². The summed E-state index contributed by atoms with van der Waals surface area (Å²) in [5.74, 6) is -2.32. The van der Waals surface area contributed by atoms with Gasteiger partial charge in [0.05, 0.1) is 0 Å². The van der Waals surface area contributed by atoms with Crippen molar-refractivity contribution in [3.8, 4) is 11.9 Å². The Bertz CT molecular complexity index is 1240. The molecule has 2 heterocycles. The molecule has 27 heavy (non-hydrogen) atoms. The highest BCUT2D eigenvalue weighted by molar-refractivity contribution is 6.35. The number of ketones is 2. The summed E-state index contributed by atoms with van der Waals surface area (Å²) in [6.45, 7) is 0. The molecule has 0 saturated heterocycles. The quantitative estimate of drug-likeness (QED) is 0.621. The normalized spacial score (nSPS) is 16.8. The third-order valence-corrected chi connectivity index (χ3v) is 5.02. The van der Waals surface area contributed by atoms with Crippen LogP contribution in [0.15, 0.2) is 45.3 Å². The number of fused-ring (bicyclic) bond motifs is 3. The summed E-state index contributed by atoms with van der Waals surface area (Å²) < 4.78 is 7.07. The predicted molar refractivity (Wildman–Crippen MR) is 91.2 cm³/mol. The lowest BCUT2D eigenvalue weighted by atomic mass is 9.70. The van der Waals surface area contributed by atoms with Crippen molar-refractivity contribution >= 4 is 11.6 Å². The molecule has 1 spiro atoms. The highest BCUT2D eigenvalue weighted by atomic mass is 16.5. The van der Waals surface area contributed by atoms with Crippen molar-refractivity contribution in [2.24, 2.45) is 19.8 Å². The Labute approximate surface area is 151 Å². The first kappa shape index (κ1) is 16.5. The average Bonchev–Trinajstić information content (AvgIpc) is 2.88. The van der Waals surface area contributed by atoms with Crippen LogP contribution in [0.25, 0.3) is 0 Å². The van der Waals surface area contributed by atoms with Gasteiger partial charge in [0.25, 0.3) is 5.56 Å². The highest BCUT2D eigenvalue weighted by Gasteiger charge is 2.63. The van der Waals surface area contributed by atoms with E-state index in [0.717, 1.165) is 9.13 Å². The molecule has 134 valence electrons. The minimum absolute atomic E-state index is 0.0757. The van der Waals surface area contributed by atoms with Crippen molar-refractivity contribution < 1.29 is 14.3 Å². The average molecular weight is 364 g/mol. The molecule has 9 nitrogen and oxygen atoms in total. The van der Waals surface area contributed by atoms with Gasteiger partial charge in [-0.15, -0.1) is 0 Å². The van der Waals surface area contributed by atoms with Crippen molar-refractivity contribution in [3.63, 3.8) is 0 Å². The zero-order valence-electron chi connectivity index (χ0n) is 14.3. The fourth-order valence-corrected chi connectivity index (χ4v) is 3.71. The Morgan fingerprint density at radius 2 is 1.59 bits per heavy atom. The zero-order chi connectivity index (χ0) is 19.7. The number of hydrogen-bond donors (Lipinski definition) is 1. The Balaban J connectivity index is 2.26. The molecule has 0 unspecified atom stereocenters. The summed E-state index contributed by atoms with van der Waals surface area (Å²) in [6, 6.07) is 7.78. The summed E-state index contributed by atoms with van der Waals surface area (Å²) >= 11 is 0. The number of ether oxygens (including phenoxy) is 1. The summed E-state index contributed by atoms with van der Waals surface area (Å²) in [4.78, 5) is 51.9. The number of nitriles is 1. The first-order valence-corrected chi connectivity index (χ1v) is 7.85. The second-order valence-corrected chi connectivity index (χ2v) is 6.29. The topological polar surface area (TPSA) is 137 Å². The lowest BCUT2D eigenvalue weighted by molar-refractivity contribution is 0.0812. The van der Waals surface area contributed by atoms with E-state index in [1.165, 1.54) is 26.2 Å². The van der Waals surface area contributed by atoms with E-state index in [1.54, 1.807) is 18.2 Å². The van der Waals surface area contributed by atoms with Gasteiger partial charge < -0.3 is 10.5 Å². The second-order valence-electron chi connectivity index (χ2n) is 6.29. The maximum atomic E-state index is 13.4. The van der Waals surface area contributed by atoms with Gasteiger partial charge in [0.2, 0.25) is 11.8 Å². The van der Waals surface area contributed by atoms with Crippen LogP contribution in [0.1, 0.15) is 26.3 Å². The monoisotopic (exact) mass is 364 g/mol. The highest BCUT2D eigenvalue weighted by Crippen LogP contribution is 2.48. The number of allylic oxidation sites excluding steroid dienone is 1. The SMILES string of the molecule is Cn1c2c(c(=O)n(C)c1=O)C1(C(=O)c3ccccc3C1=O)C(C#N)=C(N)O2. The number of Topliss-reactive ketones (excluding diaryl/α,β-unsaturated/α-hetero) is 2. The van der Waals surface area contributed by atoms with E-state index in [0.29, 0.717) is 0 Å². The van der Waals surface area contributed by atoms with Crippen molar-refractivity contribution in [1.29, 1.82) is 5.26 Å². The third-order valence-electron chi connectivity index (χ3n) is 5.02. The maximum absolute atomic E-state index is 13.4. The van der Waals surface area contributed by atoms with Crippen LogP contribution in [0.4, 0.5) is 0 Å².